The Morgan fingerprint density at radius 3 is 2.45 bits per heavy atom. The monoisotopic (exact) mass is 175 g/mol. The highest BCUT2D eigenvalue weighted by Gasteiger charge is 2.11. The number of rotatable bonds is 3. The van der Waals surface area contributed by atoms with Gasteiger partial charge >= 0.3 is 0 Å². The van der Waals surface area contributed by atoms with Crippen LogP contribution in [-0.2, 0) is 9.59 Å². The van der Waals surface area contributed by atoms with Crippen molar-refractivity contribution in [3.63, 3.8) is 0 Å². The van der Waals surface area contributed by atoms with E-state index in [1.165, 1.54) is 18.7 Å². The van der Waals surface area contributed by atoms with E-state index in [1.807, 2.05) is 0 Å². The second-order valence-corrected chi connectivity index (χ2v) is 3.51. The van der Waals surface area contributed by atoms with Gasteiger partial charge in [0.25, 0.3) is 0 Å². The van der Waals surface area contributed by atoms with Gasteiger partial charge in [0.2, 0.25) is 5.91 Å². The van der Waals surface area contributed by atoms with E-state index < -0.39 is 0 Å². The summed E-state index contributed by atoms with van der Waals surface area (Å²) in [5.74, 6) is 0.460. The molecule has 3 nitrogen and oxygen atoms in total. The summed E-state index contributed by atoms with van der Waals surface area (Å²) in [6, 6.07) is 0. The first-order valence-corrected chi connectivity index (χ1v) is 4.41. The Balaban J connectivity index is 3.60. The third-order valence-electron chi connectivity index (χ3n) is 1.23. The molecule has 0 aliphatic rings. The van der Waals surface area contributed by atoms with E-state index in [-0.39, 0.29) is 16.9 Å². The molecule has 1 N–H and O–H groups in total. The molecule has 0 saturated carbocycles. The summed E-state index contributed by atoms with van der Waals surface area (Å²) in [4.78, 5) is 21.4. The van der Waals surface area contributed by atoms with Gasteiger partial charge in [-0.15, -0.1) is 0 Å². The minimum absolute atomic E-state index is 0.0150. The maximum Gasteiger partial charge on any atom is 0.223 e. The zero-order valence-electron chi connectivity index (χ0n) is 7.01. The molecule has 0 aliphatic carbocycles. The van der Waals surface area contributed by atoms with Crippen molar-refractivity contribution < 1.29 is 9.59 Å². The summed E-state index contributed by atoms with van der Waals surface area (Å²) in [6.07, 6.45) is 0. The van der Waals surface area contributed by atoms with Gasteiger partial charge in [-0.2, -0.15) is 0 Å². The molecule has 0 bridgehead atoms. The number of hydrogen-bond donors (Lipinski definition) is 1. The van der Waals surface area contributed by atoms with E-state index >= 15 is 0 Å². The van der Waals surface area contributed by atoms with Crippen LogP contribution < -0.4 is 5.32 Å². The maximum absolute atomic E-state index is 10.9. The molecule has 0 radical (unpaired) electrons. The Morgan fingerprint density at radius 1 is 1.55 bits per heavy atom. The molecule has 4 heteroatoms. The van der Waals surface area contributed by atoms with Gasteiger partial charge in [-0.05, 0) is 0 Å². The van der Waals surface area contributed by atoms with E-state index in [9.17, 15) is 9.59 Å². The van der Waals surface area contributed by atoms with E-state index in [4.69, 9.17) is 0 Å². The molecule has 0 spiro atoms. The van der Waals surface area contributed by atoms with Gasteiger partial charge in [0.15, 0.2) is 5.12 Å². The number of thioether (sulfide) groups is 1. The molecule has 11 heavy (non-hydrogen) atoms. The highest BCUT2D eigenvalue weighted by molar-refractivity contribution is 8.13. The van der Waals surface area contributed by atoms with Crippen LogP contribution in [-0.4, -0.2) is 23.8 Å². The highest BCUT2D eigenvalue weighted by Crippen LogP contribution is 2.08. The van der Waals surface area contributed by atoms with E-state index in [0.29, 0.717) is 5.75 Å². The first-order chi connectivity index (χ1) is 5.07. The molecule has 1 amide bonds. The van der Waals surface area contributed by atoms with E-state index in [2.05, 4.69) is 5.32 Å². The van der Waals surface area contributed by atoms with Gasteiger partial charge in [0.1, 0.15) is 0 Å². The summed E-state index contributed by atoms with van der Waals surface area (Å²) in [5, 5.41) is 2.58. The average molecular weight is 175 g/mol. The summed E-state index contributed by atoms with van der Waals surface area (Å²) in [6.45, 7) is 3.30. The summed E-state index contributed by atoms with van der Waals surface area (Å²) in [5.41, 5.74) is 0. The Morgan fingerprint density at radius 2 is 2.09 bits per heavy atom. The van der Waals surface area contributed by atoms with Crippen molar-refractivity contribution >= 4 is 22.8 Å². The quantitative estimate of drug-likeness (QED) is 0.685. The van der Waals surface area contributed by atoms with Crippen molar-refractivity contribution in [3.8, 4) is 0 Å². The van der Waals surface area contributed by atoms with Crippen LogP contribution in [0, 0.1) is 5.92 Å². The lowest BCUT2D eigenvalue weighted by Crippen LogP contribution is -2.26. The maximum atomic E-state index is 10.9. The van der Waals surface area contributed by atoms with Gasteiger partial charge in [-0.3, -0.25) is 9.59 Å². The number of amides is 1. The zero-order chi connectivity index (χ0) is 8.85. The fourth-order valence-electron chi connectivity index (χ4n) is 0.564. The molecule has 64 valence electrons. The van der Waals surface area contributed by atoms with Crippen LogP contribution in [0.15, 0.2) is 0 Å². The third kappa shape index (κ3) is 4.84. The Kier molecular flexibility index (Phi) is 4.94. The minimum atomic E-state index is -0.0890. The van der Waals surface area contributed by atoms with Crippen molar-refractivity contribution in [1.82, 2.24) is 5.32 Å². The average Bonchev–Trinajstić information content (AvgIpc) is 1.98. The van der Waals surface area contributed by atoms with Crippen molar-refractivity contribution in [2.45, 2.75) is 13.8 Å². The Labute approximate surface area is 70.9 Å². The topological polar surface area (TPSA) is 46.2 Å². The first kappa shape index (κ1) is 10.5. The van der Waals surface area contributed by atoms with Crippen molar-refractivity contribution in [2.75, 3.05) is 12.8 Å². The first-order valence-electron chi connectivity index (χ1n) is 3.43. The van der Waals surface area contributed by atoms with Gasteiger partial charge < -0.3 is 5.32 Å². The second-order valence-electron chi connectivity index (χ2n) is 2.32. The standard InChI is InChI=1S/C7H13NO2S/c1-5(7(10)8-3)4-11-6(2)9/h5H,4H2,1-3H3,(H,8,10). The highest BCUT2D eigenvalue weighted by atomic mass is 32.2. The predicted octanol–water partition coefficient (Wildman–Crippen LogP) is 0.648. The number of carbonyl (C=O) groups excluding carboxylic acids is 2. The van der Waals surface area contributed by atoms with Gasteiger partial charge in [0.05, 0.1) is 0 Å². The molecule has 0 aromatic heterocycles. The molecule has 1 unspecified atom stereocenters. The van der Waals surface area contributed by atoms with Crippen LogP contribution in [0.5, 0.6) is 0 Å². The van der Waals surface area contributed by atoms with Crippen molar-refractivity contribution in [3.05, 3.63) is 0 Å². The fraction of sp³-hybridized carbons (Fsp3) is 0.714. The van der Waals surface area contributed by atoms with Crippen LogP contribution in [0.2, 0.25) is 0 Å². The lowest BCUT2D eigenvalue weighted by atomic mass is 10.2. The molecule has 0 aromatic rings. The number of carbonyl (C=O) groups is 2. The molecule has 1 atom stereocenters. The lowest BCUT2D eigenvalue weighted by molar-refractivity contribution is -0.123. The Hall–Kier alpha value is -0.510. The normalized spacial score (nSPS) is 12.3. The van der Waals surface area contributed by atoms with Crippen molar-refractivity contribution in [2.24, 2.45) is 5.92 Å². The third-order valence-corrected chi connectivity index (χ3v) is 2.30. The molecule has 0 fully saturated rings. The molecular formula is C7H13NO2S. The van der Waals surface area contributed by atoms with Gasteiger partial charge in [0, 0.05) is 25.6 Å². The summed E-state index contributed by atoms with van der Waals surface area (Å²) in [7, 11) is 1.59. The van der Waals surface area contributed by atoms with Crippen LogP contribution in [0.25, 0.3) is 0 Å². The number of nitrogens with one attached hydrogen (secondary N) is 1. The van der Waals surface area contributed by atoms with Gasteiger partial charge in [-0.1, -0.05) is 18.7 Å². The molecule has 0 aromatic carbocycles. The molecule has 0 rings (SSSR count). The van der Waals surface area contributed by atoms with Crippen LogP contribution in [0.4, 0.5) is 0 Å². The minimum Gasteiger partial charge on any atom is -0.359 e. The Bertz CT molecular complexity index is 159. The van der Waals surface area contributed by atoms with Crippen LogP contribution in [0.3, 0.4) is 0 Å². The molecule has 0 aliphatic heterocycles. The van der Waals surface area contributed by atoms with Crippen molar-refractivity contribution in [1.29, 1.82) is 0 Å². The fourth-order valence-corrected chi connectivity index (χ4v) is 1.20. The SMILES string of the molecule is CNC(=O)C(C)CSC(C)=O. The largest absolute Gasteiger partial charge is 0.359 e. The van der Waals surface area contributed by atoms with E-state index in [0.717, 1.165) is 0 Å². The zero-order valence-corrected chi connectivity index (χ0v) is 7.83. The molecule has 0 heterocycles. The van der Waals surface area contributed by atoms with Crippen LogP contribution >= 0.6 is 11.8 Å². The lowest BCUT2D eigenvalue weighted by Gasteiger charge is -2.06. The van der Waals surface area contributed by atoms with Crippen LogP contribution in [0.1, 0.15) is 13.8 Å². The second kappa shape index (κ2) is 5.18. The molecular weight excluding hydrogens is 162 g/mol. The van der Waals surface area contributed by atoms with Gasteiger partial charge in [-0.25, -0.2) is 0 Å². The smallest absolute Gasteiger partial charge is 0.223 e. The predicted molar refractivity (Wildman–Crippen MR) is 46.4 cm³/mol. The van der Waals surface area contributed by atoms with E-state index in [1.54, 1.807) is 14.0 Å². The summed E-state index contributed by atoms with van der Waals surface area (Å²) >= 11 is 1.18. The summed E-state index contributed by atoms with van der Waals surface area (Å²) < 4.78 is 0. The molecule has 0 saturated heterocycles. The number of hydrogen-bond acceptors (Lipinski definition) is 3.